The molecular formula is C19H20N4O3. The van der Waals surface area contributed by atoms with Crippen LogP contribution in [0.4, 0.5) is 0 Å². The molecular weight excluding hydrogens is 332 g/mol. The summed E-state index contributed by atoms with van der Waals surface area (Å²) in [6.45, 7) is 1.14. The quantitative estimate of drug-likeness (QED) is 0.614. The van der Waals surface area contributed by atoms with Gasteiger partial charge in [-0.1, -0.05) is 0 Å². The number of ether oxygens (including phenoxy) is 2. The molecule has 1 aliphatic heterocycles. The number of hydrogen-bond acceptors (Lipinski definition) is 5. The first kappa shape index (κ1) is 17.7. The van der Waals surface area contributed by atoms with E-state index in [1.807, 2.05) is 30.3 Å². The van der Waals surface area contributed by atoms with Crippen LogP contribution in [0.15, 0.2) is 36.0 Å². The summed E-state index contributed by atoms with van der Waals surface area (Å²) in [6, 6.07) is 9.40. The van der Waals surface area contributed by atoms with Gasteiger partial charge in [0, 0.05) is 24.3 Å². The second-order valence-corrected chi connectivity index (χ2v) is 5.94. The van der Waals surface area contributed by atoms with Gasteiger partial charge in [-0.15, -0.1) is 0 Å². The second-order valence-electron chi connectivity index (χ2n) is 5.94. The highest BCUT2D eigenvalue weighted by molar-refractivity contribution is 6.02. The molecule has 1 atom stereocenters. The standard InChI is InChI=1S/C19H20N4O3/c1-25-16-6-4-13(5-7-16)18-15(11-22-23-18)9-14(10-20)19(24)21-12-17-3-2-8-26-17/h4-7,9,11,17H,2-3,8,12H2,1H3,(H,21,24)(H,22,23)/b14-9+/t17-/m1/s1. The number of aromatic amines is 1. The molecule has 0 radical (unpaired) electrons. The molecule has 0 unspecified atom stereocenters. The Labute approximate surface area is 151 Å². The van der Waals surface area contributed by atoms with E-state index in [1.165, 1.54) is 6.08 Å². The van der Waals surface area contributed by atoms with Gasteiger partial charge >= 0.3 is 0 Å². The molecule has 0 spiro atoms. The zero-order chi connectivity index (χ0) is 18.4. The van der Waals surface area contributed by atoms with E-state index in [4.69, 9.17) is 9.47 Å². The number of H-pyrrole nitrogens is 1. The lowest BCUT2D eigenvalue weighted by atomic mass is 10.1. The molecule has 1 aliphatic rings. The maximum Gasteiger partial charge on any atom is 0.262 e. The molecule has 0 saturated carbocycles. The molecule has 2 aromatic rings. The minimum Gasteiger partial charge on any atom is -0.497 e. The first-order valence-corrected chi connectivity index (χ1v) is 8.40. The van der Waals surface area contributed by atoms with Crippen LogP contribution in [0.25, 0.3) is 17.3 Å². The summed E-state index contributed by atoms with van der Waals surface area (Å²) < 4.78 is 10.6. The average molecular weight is 352 g/mol. The van der Waals surface area contributed by atoms with Crippen molar-refractivity contribution in [1.82, 2.24) is 15.5 Å². The van der Waals surface area contributed by atoms with E-state index in [1.54, 1.807) is 13.3 Å². The SMILES string of the molecule is COc1ccc(-c2[nH]ncc2/C=C(\C#N)C(=O)NC[C@H]2CCCO2)cc1. The molecule has 1 aromatic carbocycles. The minimum atomic E-state index is -0.412. The monoisotopic (exact) mass is 352 g/mol. The van der Waals surface area contributed by atoms with Gasteiger partial charge in [-0.25, -0.2) is 0 Å². The van der Waals surface area contributed by atoms with Gasteiger partial charge in [-0.05, 0) is 43.2 Å². The van der Waals surface area contributed by atoms with Crippen molar-refractivity contribution in [2.45, 2.75) is 18.9 Å². The summed E-state index contributed by atoms with van der Waals surface area (Å²) in [7, 11) is 1.60. The number of benzene rings is 1. The molecule has 1 amide bonds. The van der Waals surface area contributed by atoms with E-state index in [2.05, 4.69) is 15.5 Å². The van der Waals surface area contributed by atoms with Crippen LogP contribution in [0.3, 0.4) is 0 Å². The minimum absolute atomic E-state index is 0.0270. The number of carbonyl (C=O) groups is 1. The van der Waals surface area contributed by atoms with Crippen LogP contribution in [0.1, 0.15) is 18.4 Å². The van der Waals surface area contributed by atoms with E-state index in [0.29, 0.717) is 12.1 Å². The average Bonchev–Trinajstić information content (AvgIpc) is 3.36. The maximum absolute atomic E-state index is 12.3. The molecule has 134 valence electrons. The van der Waals surface area contributed by atoms with Crippen molar-refractivity contribution in [2.75, 3.05) is 20.3 Å². The van der Waals surface area contributed by atoms with E-state index < -0.39 is 5.91 Å². The van der Waals surface area contributed by atoms with Gasteiger partial charge in [0.2, 0.25) is 0 Å². The number of nitriles is 1. The predicted molar refractivity (Wildman–Crippen MR) is 96.1 cm³/mol. The topological polar surface area (TPSA) is 100 Å². The fraction of sp³-hybridized carbons (Fsp3) is 0.316. The van der Waals surface area contributed by atoms with Crippen molar-refractivity contribution in [3.63, 3.8) is 0 Å². The van der Waals surface area contributed by atoms with Crippen LogP contribution in [0.2, 0.25) is 0 Å². The molecule has 7 heteroatoms. The van der Waals surface area contributed by atoms with Crippen LogP contribution in [-0.2, 0) is 9.53 Å². The molecule has 0 bridgehead atoms. The highest BCUT2D eigenvalue weighted by Crippen LogP contribution is 2.25. The Morgan fingerprint density at radius 3 is 2.96 bits per heavy atom. The van der Waals surface area contributed by atoms with Gasteiger partial charge in [0.05, 0.1) is 25.1 Å². The third-order valence-electron chi connectivity index (χ3n) is 4.23. The van der Waals surface area contributed by atoms with Crippen LogP contribution >= 0.6 is 0 Å². The summed E-state index contributed by atoms with van der Waals surface area (Å²) in [4.78, 5) is 12.3. The molecule has 2 N–H and O–H groups in total. The molecule has 0 aliphatic carbocycles. The molecule has 1 fully saturated rings. The third-order valence-corrected chi connectivity index (χ3v) is 4.23. The Hall–Kier alpha value is -3.11. The van der Waals surface area contributed by atoms with Gasteiger partial charge < -0.3 is 14.8 Å². The smallest absolute Gasteiger partial charge is 0.262 e. The highest BCUT2D eigenvalue weighted by Gasteiger charge is 2.18. The Kier molecular flexibility index (Phi) is 5.66. The first-order valence-electron chi connectivity index (χ1n) is 8.40. The van der Waals surface area contributed by atoms with E-state index in [0.717, 1.165) is 36.5 Å². The van der Waals surface area contributed by atoms with Gasteiger partial charge in [0.25, 0.3) is 5.91 Å². The number of methoxy groups -OCH3 is 1. The summed E-state index contributed by atoms with van der Waals surface area (Å²) in [5, 5.41) is 19.1. The van der Waals surface area contributed by atoms with Crippen molar-refractivity contribution in [3.05, 3.63) is 41.6 Å². The lowest BCUT2D eigenvalue weighted by Gasteiger charge is -2.10. The third kappa shape index (κ3) is 4.10. The van der Waals surface area contributed by atoms with E-state index in [-0.39, 0.29) is 11.7 Å². The van der Waals surface area contributed by atoms with Gasteiger partial charge in [0.1, 0.15) is 17.4 Å². The number of nitrogens with one attached hydrogen (secondary N) is 2. The van der Waals surface area contributed by atoms with Gasteiger partial charge in [0.15, 0.2) is 0 Å². The lowest BCUT2D eigenvalue weighted by molar-refractivity contribution is -0.117. The van der Waals surface area contributed by atoms with Gasteiger partial charge in [-0.3, -0.25) is 9.89 Å². The summed E-state index contributed by atoms with van der Waals surface area (Å²) in [5.74, 6) is 0.335. The molecule has 1 saturated heterocycles. The number of rotatable bonds is 6. The summed E-state index contributed by atoms with van der Waals surface area (Å²) >= 11 is 0. The zero-order valence-corrected chi connectivity index (χ0v) is 14.5. The number of aromatic nitrogens is 2. The zero-order valence-electron chi connectivity index (χ0n) is 14.5. The molecule has 3 rings (SSSR count). The molecule has 1 aromatic heterocycles. The van der Waals surface area contributed by atoms with Crippen LogP contribution in [0.5, 0.6) is 5.75 Å². The van der Waals surface area contributed by atoms with Crippen molar-refractivity contribution < 1.29 is 14.3 Å². The number of amides is 1. The fourth-order valence-electron chi connectivity index (χ4n) is 2.80. The van der Waals surface area contributed by atoms with E-state index >= 15 is 0 Å². The summed E-state index contributed by atoms with van der Waals surface area (Å²) in [5.41, 5.74) is 2.30. The van der Waals surface area contributed by atoms with Crippen molar-refractivity contribution in [2.24, 2.45) is 0 Å². The predicted octanol–water partition coefficient (Wildman–Crippen LogP) is 2.29. The fourth-order valence-corrected chi connectivity index (χ4v) is 2.80. The van der Waals surface area contributed by atoms with Crippen LogP contribution < -0.4 is 10.1 Å². The van der Waals surface area contributed by atoms with Gasteiger partial charge in [-0.2, -0.15) is 10.4 Å². The first-order chi connectivity index (χ1) is 12.7. The Bertz CT molecular complexity index is 827. The van der Waals surface area contributed by atoms with Crippen LogP contribution in [-0.4, -0.2) is 42.5 Å². The Morgan fingerprint density at radius 1 is 1.50 bits per heavy atom. The normalized spacial score (nSPS) is 16.9. The molecule has 26 heavy (non-hydrogen) atoms. The van der Waals surface area contributed by atoms with E-state index in [9.17, 15) is 10.1 Å². The second kappa shape index (κ2) is 8.32. The summed E-state index contributed by atoms with van der Waals surface area (Å²) in [6.07, 6.45) is 5.08. The largest absolute Gasteiger partial charge is 0.497 e. The Balaban J connectivity index is 1.75. The molecule has 2 heterocycles. The number of carbonyl (C=O) groups excluding carboxylic acids is 1. The van der Waals surface area contributed by atoms with Crippen LogP contribution in [0, 0.1) is 11.3 Å². The van der Waals surface area contributed by atoms with Crippen molar-refractivity contribution in [1.29, 1.82) is 5.26 Å². The Morgan fingerprint density at radius 2 is 2.31 bits per heavy atom. The van der Waals surface area contributed by atoms with Crippen molar-refractivity contribution >= 4 is 12.0 Å². The molecule has 7 nitrogen and oxygen atoms in total. The number of hydrogen-bond donors (Lipinski definition) is 2. The lowest BCUT2D eigenvalue weighted by Crippen LogP contribution is -2.32. The number of nitrogens with zero attached hydrogens (tertiary/aromatic N) is 2. The highest BCUT2D eigenvalue weighted by atomic mass is 16.5. The van der Waals surface area contributed by atoms with Crippen molar-refractivity contribution in [3.8, 4) is 23.1 Å². The maximum atomic E-state index is 12.3.